The molecule has 3 aromatic rings. The van der Waals surface area contributed by atoms with Crippen molar-refractivity contribution in [1.29, 1.82) is 0 Å². The SMILES string of the molecule is Cc1c(CN(C)C(=O)CC(N)c2nccs2)oc2c(C)cccc12.O=C(O)C(F)(F)F. The molecule has 3 N–H and O–H groups in total. The summed E-state index contributed by atoms with van der Waals surface area (Å²) in [5.41, 5.74) is 9.13. The summed E-state index contributed by atoms with van der Waals surface area (Å²) in [5.74, 6) is -1.96. The molecule has 2 aromatic heterocycles. The number of furan rings is 1. The second-order valence-electron chi connectivity index (χ2n) is 6.84. The number of nitrogens with two attached hydrogens (primary N) is 1. The summed E-state index contributed by atoms with van der Waals surface area (Å²) in [7, 11) is 1.77. The third kappa shape index (κ3) is 6.28. The second-order valence-corrected chi connectivity index (χ2v) is 7.76. The Morgan fingerprint density at radius 1 is 1.32 bits per heavy atom. The number of thiazole rings is 1. The number of rotatable bonds is 5. The van der Waals surface area contributed by atoms with E-state index in [-0.39, 0.29) is 18.4 Å². The van der Waals surface area contributed by atoms with Gasteiger partial charge in [0.15, 0.2) is 0 Å². The minimum Gasteiger partial charge on any atom is -0.475 e. The van der Waals surface area contributed by atoms with Gasteiger partial charge in [0.05, 0.1) is 12.6 Å². The van der Waals surface area contributed by atoms with Crippen LogP contribution in [0, 0.1) is 13.8 Å². The van der Waals surface area contributed by atoms with Crippen molar-refractivity contribution in [2.75, 3.05) is 7.05 Å². The van der Waals surface area contributed by atoms with Crippen LogP contribution in [0.4, 0.5) is 13.2 Å². The van der Waals surface area contributed by atoms with Crippen LogP contribution in [0.1, 0.15) is 34.4 Å². The molecule has 0 radical (unpaired) electrons. The van der Waals surface area contributed by atoms with E-state index in [0.717, 1.165) is 32.9 Å². The van der Waals surface area contributed by atoms with Crippen LogP contribution in [-0.4, -0.2) is 40.1 Å². The normalized spacial score (nSPS) is 12.2. The Balaban J connectivity index is 0.000000423. The first-order valence-electron chi connectivity index (χ1n) is 9.08. The number of carbonyl (C=O) groups is 2. The van der Waals surface area contributed by atoms with Crippen LogP contribution >= 0.6 is 11.3 Å². The van der Waals surface area contributed by atoms with Crippen molar-refractivity contribution in [2.24, 2.45) is 5.73 Å². The summed E-state index contributed by atoms with van der Waals surface area (Å²) < 4.78 is 37.7. The number of para-hydroxylation sites is 1. The lowest BCUT2D eigenvalue weighted by Gasteiger charge is -2.18. The van der Waals surface area contributed by atoms with E-state index in [1.54, 1.807) is 18.1 Å². The van der Waals surface area contributed by atoms with Crippen molar-refractivity contribution in [3.63, 3.8) is 0 Å². The fourth-order valence-electron chi connectivity index (χ4n) is 2.74. The number of carbonyl (C=O) groups excluding carboxylic acids is 1. The first-order chi connectivity index (χ1) is 14.4. The molecule has 1 aromatic carbocycles. The minimum atomic E-state index is -5.08. The minimum absolute atomic E-state index is 0.0192. The highest BCUT2D eigenvalue weighted by atomic mass is 32.1. The van der Waals surface area contributed by atoms with E-state index in [0.29, 0.717) is 6.54 Å². The number of aromatic nitrogens is 1. The summed E-state index contributed by atoms with van der Waals surface area (Å²) in [6.45, 7) is 4.49. The molecule has 1 unspecified atom stereocenters. The lowest BCUT2D eigenvalue weighted by atomic mass is 10.1. The molecule has 0 bridgehead atoms. The number of nitrogens with zero attached hydrogens (tertiary/aromatic N) is 2. The zero-order chi connectivity index (χ0) is 23.3. The van der Waals surface area contributed by atoms with Crippen LogP contribution in [0.5, 0.6) is 0 Å². The second kappa shape index (κ2) is 9.92. The van der Waals surface area contributed by atoms with Crippen LogP contribution in [0.15, 0.2) is 34.2 Å². The fraction of sp³-hybridized carbons (Fsp3) is 0.350. The van der Waals surface area contributed by atoms with Crippen LogP contribution < -0.4 is 5.73 Å². The molecule has 1 amide bonds. The number of carboxylic acid groups (broad SMARTS) is 1. The Morgan fingerprint density at radius 3 is 2.48 bits per heavy atom. The molecular formula is C20H22F3N3O4S. The topological polar surface area (TPSA) is 110 Å². The number of hydrogen-bond acceptors (Lipinski definition) is 6. The smallest absolute Gasteiger partial charge is 0.475 e. The number of fused-ring (bicyclic) bond motifs is 1. The highest BCUT2D eigenvalue weighted by Gasteiger charge is 2.38. The Hall–Kier alpha value is -2.92. The molecule has 0 aliphatic carbocycles. The van der Waals surface area contributed by atoms with E-state index in [1.807, 2.05) is 37.4 Å². The van der Waals surface area contributed by atoms with Gasteiger partial charge in [0.2, 0.25) is 5.91 Å². The Labute approximate surface area is 180 Å². The van der Waals surface area contributed by atoms with Crippen LogP contribution in [-0.2, 0) is 16.1 Å². The standard InChI is InChI=1S/C18H21N3O2S.C2HF3O2/c1-11-5-4-6-13-12(2)15(23-17(11)13)10-21(3)16(22)9-14(19)18-20-7-8-24-18;3-2(4,5)1(6)7/h4-8,14H,9-10,19H2,1-3H3;(H,6,7). The summed E-state index contributed by atoms with van der Waals surface area (Å²) >= 11 is 1.47. The first-order valence-corrected chi connectivity index (χ1v) is 9.96. The summed E-state index contributed by atoms with van der Waals surface area (Å²) in [6, 6.07) is 5.73. The van der Waals surface area contributed by atoms with E-state index in [9.17, 15) is 18.0 Å². The van der Waals surface area contributed by atoms with Crippen LogP contribution in [0.3, 0.4) is 0 Å². The van der Waals surface area contributed by atoms with E-state index >= 15 is 0 Å². The van der Waals surface area contributed by atoms with Gasteiger partial charge in [0.1, 0.15) is 16.4 Å². The van der Waals surface area contributed by atoms with Gasteiger partial charge in [-0.1, -0.05) is 18.2 Å². The molecule has 11 heteroatoms. The zero-order valence-electron chi connectivity index (χ0n) is 17.1. The Morgan fingerprint density at radius 2 is 1.97 bits per heavy atom. The van der Waals surface area contributed by atoms with Crippen LogP contribution in [0.25, 0.3) is 11.0 Å². The maximum Gasteiger partial charge on any atom is 0.490 e. The van der Waals surface area contributed by atoms with Gasteiger partial charge < -0.3 is 20.2 Å². The quantitative estimate of drug-likeness (QED) is 0.595. The monoisotopic (exact) mass is 457 g/mol. The number of amides is 1. The molecule has 168 valence electrons. The molecule has 0 saturated carbocycles. The van der Waals surface area contributed by atoms with Gasteiger partial charge in [-0.3, -0.25) is 4.79 Å². The van der Waals surface area contributed by atoms with E-state index in [1.165, 1.54) is 11.3 Å². The van der Waals surface area contributed by atoms with Gasteiger partial charge in [0, 0.05) is 36.0 Å². The molecule has 0 aliphatic rings. The van der Waals surface area contributed by atoms with E-state index in [4.69, 9.17) is 20.1 Å². The molecule has 0 saturated heterocycles. The lowest BCUT2D eigenvalue weighted by Crippen LogP contribution is -2.29. The molecule has 0 spiro atoms. The fourth-order valence-corrected chi connectivity index (χ4v) is 3.38. The van der Waals surface area contributed by atoms with Crippen molar-refractivity contribution in [3.8, 4) is 0 Å². The number of aliphatic carboxylic acids is 1. The summed E-state index contributed by atoms with van der Waals surface area (Å²) in [5, 5.41) is 10.9. The molecule has 0 aliphatic heterocycles. The average molecular weight is 457 g/mol. The summed E-state index contributed by atoms with van der Waals surface area (Å²) in [4.78, 5) is 27.2. The zero-order valence-corrected chi connectivity index (χ0v) is 17.9. The molecule has 1 atom stereocenters. The molecule has 2 heterocycles. The van der Waals surface area contributed by atoms with Gasteiger partial charge >= 0.3 is 12.1 Å². The van der Waals surface area contributed by atoms with Crippen molar-refractivity contribution >= 4 is 34.2 Å². The number of alkyl halides is 3. The highest BCUT2D eigenvalue weighted by molar-refractivity contribution is 7.09. The lowest BCUT2D eigenvalue weighted by molar-refractivity contribution is -0.192. The molecular weight excluding hydrogens is 435 g/mol. The summed E-state index contributed by atoms with van der Waals surface area (Å²) in [6.07, 6.45) is -3.14. The number of aryl methyl sites for hydroxylation is 2. The van der Waals surface area contributed by atoms with Gasteiger partial charge in [0.25, 0.3) is 0 Å². The van der Waals surface area contributed by atoms with Crippen molar-refractivity contribution in [3.05, 3.63) is 51.7 Å². The van der Waals surface area contributed by atoms with Gasteiger partial charge in [-0.25, -0.2) is 9.78 Å². The van der Waals surface area contributed by atoms with Crippen LogP contribution in [0.2, 0.25) is 0 Å². The molecule has 7 nitrogen and oxygen atoms in total. The first kappa shape index (κ1) is 24.4. The van der Waals surface area contributed by atoms with Gasteiger partial charge in [-0.05, 0) is 19.4 Å². The largest absolute Gasteiger partial charge is 0.490 e. The van der Waals surface area contributed by atoms with Crippen molar-refractivity contribution in [2.45, 2.75) is 39.0 Å². The Kier molecular flexibility index (Phi) is 7.80. The third-order valence-electron chi connectivity index (χ3n) is 4.47. The highest BCUT2D eigenvalue weighted by Crippen LogP contribution is 2.28. The molecule has 31 heavy (non-hydrogen) atoms. The third-order valence-corrected chi connectivity index (χ3v) is 5.38. The number of hydrogen-bond donors (Lipinski definition) is 2. The van der Waals surface area contributed by atoms with E-state index < -0.39 is 12.1 Å². The number of halogens is 3. The van der Waals surface area contributed by atoms with E-state index in [2.05, 4.69) is 4.98 Å². The van der Waals surface area contributed by atoms with Gasteiger partial charge in [-0.15, -0.1) is 11.3 Å². The predicted octanol–water partition coefficient (Wildman–Crippen LogP) is 4.19. The van der Waals surface area contributed by atoms with Gasteiger partial charge in [-0.2, -0.15) is 13.2 Å². The predicted molar refractivity (Wildman–Crippen MR) is 110 cm³/mol. The number of carboxylic acids is 1. The Bertz CT molecular complexity index is 1050. The maximum absolute atomic E-state index is 12.4. The van der Waals surface area contributed by atoms with Crippen molar-refractivity contribution < 1.29 is 32.3 Å². The maximum atomic E-state index is 12.4. The number of benzene rings is 1. The molecule has 3 rings (SSSR count). The van der Waals surface area contributed by atoms with Crippen molar-refractivity contribution in [1.82, 2.24) is 9.88 Å². The molecule has 0 fully saturated rings. The average Bonchev–Trinajstić information content (AvgIpc) is 3.32.